The average molecular weight is 525 g/mol. The second-order valence-electron chi connectivity index (χ2n) is 8.27. The van der Waals surface area contributed by atoms with E-state index in [1.165, 1.54) is 42.0 Å². The van der Waals surface area contributed by atoms with E-state index in [-0.39, 0.29) is 11.1 Å². The summed E-state index contributed by atoms with van der Waals surface area (Å²) in [6.07, 6.45) is 0. The zero-order chi connectivity index (χ0) is 19.7. The summed E-state index contributed by atoms with van der Waals surface area (Å²) in [6, 6.07) is 0. The van der Waals surface area contributed by atoms with Gasteiger partial charge in [-0.1, -0.05) is 47.0 Å². The largest absolute Gasteiger partial charge is 0.143 e. The molecule has 0 aromatic rings. The van der Waals surface area contributed by atoms with Gasteiger partial charge in [-0.15, -0.1) is 57.3 Å². The van der Waals surface area contributed by atoms with E-state index >= 15 is 0 Å². The van der Waals surface area contributed by atoms with Crippen molar-refractivity contribution in [2.45, 2.75) is 38.8 Å². The van der Waals surface area contributed by atoms with Crippen molar-refractivity contribution in [2.75, 3.05) is 23.0 Å². The van der Waals surface area contributed by atoms with E-state index in [0.29, 0.717) is 11.8 Å². The first-order valence-corrected chi connectivity index (χ1v) is 16.4. The van der Waals surface area contributed by atoms with E-state index in [4.69, 9.17) is 0 Å². The Kier molecular flexibility index (Phi) is 6.27. The molecule has 2 atom stereocenters. The molecule has 5 heterocycles. The molecule has 0 unspecified atom stereocenters. The van der Waals surface area contributed by atoms with Crippen LogP contribution in [0.3, 0.4) is 0 Å². The predicted molar refractivity (Wildman–Crippen MR) is 139 cm³/mol. The van der Waals surface area contributed by atoms with E-state index in [0.717, 1.165) is 11.5 Å². The molecular formula is C18H22NOS8. The molecule has 0 N–H and O–H groups in total. The minimum absolute atomic E-state index is 0.286. The maximum atomic E-state index is 13.0. The third kappa shape index (κ3) is 3.61. The molecule has 5 rings (SSSR count). The van der Waals surface area contributed by atoms with Crippen LogP contribution in [0.5, 0.6) is 0 Å². The van der Waals surface area contributed by atoms with Crippen molar-refractivity contribution < 1.29 is 5.21 Å². The van der Waals surface area contributed by atoms with E-state index in [2.05, 4.69) is 27.7 Å². The van der Waals surface area contributed by atoms with Crippen LogP contribution < -0.4 is 0 Å². The summed E-state index contributed by atoms with van der Waals surface area (Å²) in [6.45, 7) is 8.59. The van der Waals surface area contributed by atoms with Crippen LogP contribution in [0.15, 0.2) is 25.4 Å². The number of hydrogen-bond acceptors (Lipinski definition) is 9. The van der Waals surface area contributed by atoms with Crippen molar-refractivity contribution in [1.82, 2.24) is 5.06 Å². The SMILES string of the molecule is CC1(C)[C@@H]2CSC3=C(SC[C@H]2C(C)(C)N1[O])SC(=C1SC2=C(SCCS2)S1)S3. The van der Waals surface area contributed by atoms with Gasteiger partial charge >= 0.3 is 0 Å². The van der Waals surface area contributed by atoms with Gasteiger partial charge in [0.05, 0.1) is 25.4 Å². The van der Waals surface area contributed by atoms with Crippen molar-refractivity contribution >= 4 is 94.1 Å². The van der Waals surface area contributed by atoms with Crippen LogP contribution >= 0.6 is 94.1 Å². The lowest BCUT2D eigenvalue weighted by molar-refractivity contribution is -0.250. The molecule has 153 valence electrons. The van der Waals surface area contributed by atoms with Crippen LogP contribution in [-0.4, -0.2) is 39.2 Å². The maximum Gasteiger partial charge on any atom is 0.0717 e. The van der Waals surface area contributed by atoms with Crippen LogP contribution in [0.25, 0.3) is 0 Å². The van der Waals surface area contributed by atoms with Gasteiger partial charge in [-0.2, -0.15) is 0 Å². The smallest absolute Gasteiger partial charge is 0.0717 e. The molecule has 1 fully saturated rings. The minimum Gasteiger partial charge on any atom is -0.143 e. The second-order valence-corrected chi connectivity index (χ2v) is 18.2. The van der Waals surface area contributed by atoms with Gasteiger partial charge in [0.25, 0.3) is 0 Å². The Hall–Kier alpha value is 1.94. The van der Waals surface area contributed by atoms with Crippen molar-refractivity contribution in [1.29, 1.82) is 0 Å². The van der Waals surface area contributed by atoms with Gasteiger partial charge in [0.1, 0.15) is 0 Å². The topological polar surface area (TPSA) is 23.1 Å². The summed E-state index contributed by atoms with van der Waals surface area (Å²) in [5.74, 6) is 5.46. The zero-order valence-corrected chi connectivity index (χ0v) is 22.6. The standard InChI is InChI=1S/C18H22NOS8/c1-17(2)9-7-23-13-14(24-8-10(9)18(3,4)19(17)20)28-16(27-13)15-25-11-12(26-15)22-6-5-21-11/h9-10H,5-8H2,1-4H3/t9-,10-/m1/s1. The lowest BCUT2D eigenvalue weighted by atomic mass is 9.79. The number of thioether (sulfide) groups is 8. The molecule has 0 saturated carbocycles. The molecule has 0 amide bonds. The van der Waals surface area contributed by atoms with E-state index in [1.807, 2.05) is 94.1 Å². The average Bonchev–Trinajstić information content (AvgIpc) is 3.26. The van der Waals surface area contributed by atoms with Crippen LogP contribution in [0.4, 0.5) is 0 Å². The lowest BCUT2D eigenvalue weighted by Gasteiger charge is -2.33. The fourth-order valence-corrected chi connectivity index (χ4v) is 17.4. The van der Waals surface area contributed by atoms with E-state index in [9.17, 15) is 5.21 Å². The molecule has 1 radical (unpaired) electrons. The Morgan fingerprint density at radius 2 is 1.00 bits per heavy atom. The van der Waals surface area contributed by atoms with Crippen LogP contribution in [0, 0.1) is 11.8 Å². The van der Waals surface area contributed by atoms with Crippen molar-refractivity contribution in [3.05, 3.63) is 25.4 Å². The van der Waals surface area contributed by atoms with Crippen molar-refractivity contribution in [3.8, 4) is 0 Å². The highest BCUT2D eigenvalue weighted by Crippen LogP contribution is 2.68. The van der Waals surface area contributed by atoms with Gasteiger partial charge in [0.2, 0.25) is 0 Å². The Morgan fingerprint density at radius 1 is 0.643 bits per heavy atom. The van der Waals surface area contributed by atoms with Crippen LogP contribution in [-0.2, 0) is 5.21 Å². The monoisotopic (exact) mass is 524 g/mol. The first kappa shape index (κ1) is 21.8. The maximum absolute atomic E-state index is 13.0. The Morgan fingerprint density at radius 3 is 1.39 bits per heavy atom. The normalized spacial score (nSPS) is 35.0. The highest BCUT2D eigenvalue weighted by Gasteiger charge is 2.59. The fraction of sp³-hybridized carbons (Fsp3) is 0.667. The predicted octanol–water partition coefficient (Wildman–Crippen LogP) is 7.74. The quantitative estimate of drug-likeness (QED) is 0.315. The molecule has 0 aromatic heterocycles. The number of nitrogens with zero attached hydrogens (tertiary/aromatic N) is 1. The summed E-state index contributed by atoms with van der Waals surface area (Å²) >= 11 is 16.0. The van der Waals surface area contributed by atoms with Crippen molar-refractivity contribution in [2.24, 2.45) is 11.8 Å². The first-order valence-electron chi connectivity index (χ1n) is 9.21. The molecule has 0 aliphatic carbocycles. The number of hydroxylamine groups is 2. The first-order chi connectivity index (χ1) is 13.3. The van der Waals surface area contributed by atoms with Crippen molar-refractivity contribution in [3.63, 3.8) is 0 Å². The molecule has 5 aliphatic rings. The summed E-state index contributed by atoms with van der Waals surface area (Å²) < 4.78 is 8.96. The number of hydrogen-bond donors (Lipinski definition) is 0. The molecule has 1 saturated heterocycles. The number of rotatable bonds is 0. The Labute approximate surface area is 201 Å². The summed E-state index contributed by atoms with van der Waals surface area (Å²) in [5.41, 5.74) is -0.571. The molecule has 5 aliphatic heterocycles. The minimum atomic E-state index is -0.286. The summed E-state index contributed by atoms with van der Waals surface area (Å²) in [7, 11) is 0. The molecule has 28 heavy (non-hydrogen) atoms. The zero-order valence-electron chi connectivity index (χ0n) is 16.1. The molecule has 0 bridgehead atoms. The molecule has 10 heteroatoms. The van der Waals surface area contributed by atoms with E-state index in [1.54, 1.807) is 0 Å². The van der Waals surface area contributed by atoms with Gasteiger partial charge in [0.15, 0.2) is 0 Å². The molecule has 0 aromatic carbocycles. The second kappa shape index (κ2) is 8.06. The van der Waals surface area contributed by atoms with Crippen LogP contribution in [0.1, 0.15) is 27.7 Å². The fourth-order valence-electron chi connectivity index (χ4n) is 4.33. The van der Waals surface area contributed by atoms with Gasteiger partial charge in [-0.05, 0) is 39.5 Å². The molecular weight excluding hydrogens is 503 g/mol. The third-order valence-electron chi connectivity index (χ3n) is 5.93. The third-order valence-corrected chi connectivity index (χ3v) is 18.0. The number of fused-ring (bicyclic) bond motifs is 1. The lowest BCUT2D eigenvalue weighted by Crippen LogP contribution is -2.47. The molecule has 0 spiro atoms. The van der Waals surface area contributed by atoms with Gasteiger partial charge in [-0.3, -0.25) is 0 Å². The highest BCUT2D eigenvalue weighted by atomic mass is 32.3. The molecule has 2 nitrogen and oxygen atoms in total. The van der Waals surface area contributed by atoms with Gasteiger partial charge in [0, 0.05) is 34.1 Å². The summed E-state index contributed by atoms with van der Waals surface area (Å²) in [4.78, 5) is 0. The highest BCUT2D eigenvalue weighted by molar-refractivity contribution is 8.45. The Balaban J connectivity index is 1.34. The van der Waals surface area contributed by atoms with Crippen LogP contribution in [0.2, 0.25) is 0 Å². The van der Waals surface area contributed by atoms with Gasteiger partial charge < -0.3 is 0 Å². The summed E-state index contributed by atoms with van der Waals surface area (Å²) in [5, 5.41) is 14.4. The van der Waals surface area contributed by atoms with Gasteiger partial charge in [-0.25, -0.2) is 0 Å². The van der Waals surface area contributed by atoms with E-state index < -0.39 is 0 Å². The Bertz CT molecular complexity index is 741.